The van der Waals surface area contributed by atoms with Crippen molar-refractivity contribution in [3.8, 4) is 0 Å². The molecular formula is C15H20ClN3O3. The number of likely N-dealkylation sites (N-methyl/N-ethyl adjacent to an activating group) is 1. The highest BCUT2D eigenvalue weighted by molar-refractivity contribution is 6.62. The van der Waals surface area contributed by atoms with Crippen molar-refractivity contribution in [3.63, 3.8) is 0 Å². The van der Waals surface area contributed by atoms with E-state index in [0.29, 0.717) is 0 Å². The monoisotopic (exact) mass is 325 g/mol. The molecule has 0 spiro atoms. The van der Waals surface area contributed by atoms with E-state index in [0.717, 1.165) is 4.90 Å². The van der Waals surface area contributed by atoms with Crippen LogP contribution >= 0.6 is 11.6 Å². The van der Waals surface area contributed by atoms with E-state index < -0.39 is 11.3 Å². The van der Waals surface area contributed by atoms with Crippen molar-refractivity contribution in [2.75, 3.05) is 20.7 Å². The number of hydrogen-bond acceptors (Lipinski definition) is 4. The predicted molar refractivity (Wildman–Crippen MR) is 86.1 cm³/mol. The molecule has 0 saturated carbocycles. The zero-order valence-electron chi connectivity index (χ0n) is 13.4. The Morgan fingerprint density at radius 3 is 2.55 bits per heavy atom. The average Bonchev–Trinajstić information content (AvgIpc) is 2.80. The first kappa shape index (κ1) is 18.0. The lowest BCUT2D eigenvalue weighted by atomic mass is 10.1. The number of halogens is 1. The Labute approximate surface area is 134 Å². The number of hydrogen-bond donors (Lipinski definition) is 0. The van der Waals surface area contributed by atoms with Crippen molar-refractivity contribution in [2.24, 2.45) is 7.05 Å². The first-order chi connectivity index (χ1) is 10.3. The van der Waals surface area contributed by atoms with Gasteiger partial charge in [0.15, 0.2) is 0 Å². The van der Waals surface area contributed by atoms with Gasteiger partial charge in [-0.25, -0.2) is 0 Å². The molecule has 0 saturated heterocycles. The van der Waals surface area contributed by atoms with Crippen LogP contribution in [0.15, 0.2) is 18.3 Å². The Bertz CT molecular complexity index is 682. The van der Waals surface area contributed by atoms with Crippen LogP contribution < -0.4 is 0 Å². The fourth-order valence-corrected chi connectivity index (χ4v) is 2.12. The molecule has 0 atom stereocenters. The molecule has 2 rings (SSSR count). The fraction of sp³-hybridized carbons (Fsp3) is 0.400. The summed E-state index contributed by atoms with van der Waals surface area (Å²) < 4.78 is 6.20. The van der Waals surface area contributed by atoms with Crippen LogP contribution in [0.4, 0.5) is 4.79 Å². The van der Waals surface area contributed by atoms with Gasteiger partial charge in [0.05, 0.1) is 18.8 Å². The predicted octanol–water partition coefficient (Wildman–Crippen LogP) is 2.64. The number of rotatable bonds is 2. The number of carbonyl (C=O) groups is 2. The summed E-state index contributed by atoms with van der Waals surface area (Å²) in [5.41, 5.74) is 3.83. The molecule has 6 nitrogen and oxygen atoms in total. The van der Waals surface area contributed by atoms with Crippen LogP contribution in [0.5, 0.6) is 0 Å². The van der Waals surface area contributed by atoms with Gasteiger partial charge < -0.3 is 9.64 Å². The summed E-state index contributed by atoms with van der Waals surface area (Å²) in [7, 11) is 4.63. The average molecular weight is 326 g/mol. The van der Waals surface area contributed by atoms with Crippen LogP contribution in [0, 0.1) is 13.8 Å². The Kier molecular flexibility index (Phi) is 6.37. The first-order valence-corrected chi connectivity index (χ1v) is 7.00. The third-order valence-corrected chi connectivity index (χ3v) is 3.35. The minimum absolute atomic E-state index is 0.112. The highest BCUT2D eigenvalue weighted by Crippen LogP contribution is 2.18. The number of aromatic nitrogens is 2. The van der Waals surface area contributed by atoms with Crippen molar-refractivity contribution >= 4 is 33.8 Å². The van der Waals surface area contributed by atoms with Crippen LogP contribution in [-0.2, 0) is 16.6 Å². The maximum Gasteiger partial charge on any atom is 0.325 e. The standard InChI is InChI=1S/C10H12N2.C5H8ClNO3/c1-7-4-8(2)10-9(5-7)6-11-12(10)3;1-7(5(6)9)3-4(8)10-2/h4-6H,1-3H3;3H2,1-2H3. The Balaban J connectivity index is 0.000000225. The number of carbonyl (C=O) groups excluding carboxylic acids is 2. The van der Waals surface area contributed by atoms with Crippen molar-refractivity contribution in [3.05, 3.63) is 29.5 Å². The number of aryl methyl sites for hydroxylation is 3. The highest BCUT2D eigenvalue weighted by atomic mass is 35.5. The number of amides is 1. The molecule has 7 heteroatoms. The molecule has 0 fully saturated rings. The minimum atomic E-state index is -0.676. The topological polar surface area (TPSA) is 64.4 Å². The number of fused-ring (bicyclic) bond motifs is 1. The van der Waals surface area contributed by atoms with Crippen LogP contribution in [0.1, 0.15) is 11.1 Å². The lowest BCUT2D eigenvalue weighted by Gasteiger charge is -2.09. The quantitative estimate of drug-likeness (QED) is 0.484. The van der Waals surface area contributed by atoms with Gasteiger partial charge in [-0.3, -0.25) is 14.3 Å². The summed E-state index contributed by atoms with van der Waals surface area (Å²) >= 11 is 5.01. The zero-order chi connectivity index (χ0) is 16.9. The molecule has 1 aromatic carbocycles. The number of esters is 1. The fourth-order valence-electron chi connectivity index (χ4n) is 2.06. The van der Waals surface area contributed by atoms with E-state index in [2.05, 4.69) is 35.8 Å². The van der Waals surface area contributed by atoms with E-state index in [9.17, 15) is 9.59 Å². The van der Waals surface area contributed by atoms with Crippen LogP contribution in [-0.4, -0.2) is 46.7 Å². The third kappa shape index (κ3) is 4.73. The number of nitrogens with zero attached hydrogens (tertiary/aromatic N) is 3. The summed E-state index contributed by atoms with van der Waals surface area (Å²) in [6.07, 6.45) is 1.91. The summed E-state index contributed by atoms with van der Waals surface area (Å²) in [5, 5.41) is 4.77. The van der Waals surface area contributed by atoms with Gasteiger partial charge in [0.1, 0.15) is 6.54 Å². The molecule has 0 aliphatic heterocycles. The molecule has 1 heterocycles. The molecule has 1 aromatic heterocycles. The molecule has 0 aliphatic rings. The smallest absolute Gasteiger partial charge is 0.325 e. The van der Waals surface area contributed by atoms with E-state index in [1.165, 1.54) is 36.2 Å². The maximum atomic E-state index is 10.5. The Morgan fingerprint density at radius 1 is 1.36 bits per heavy atom. The largest absolute Gasteiger partial charge is 0.468 e. The normalized spacial score (nSPS) is 9.91. The lowest BCUT2D eigenvalue weighted by molar-refractivity contribution is -0.140. The van der Waals surface area contributed by atoms with Gasteiger partial charge in [0.2, 0.25) is 0 Å². The molecule has 0 unspecified atom stereocenters. The number of ether oxygens (including phenoxy) is 1. The van der Waals surface area contributed by atoms with E-state index in [4.69, 9.17) is 11.6 Å². The first-order valence-electron chi connectivity index (χ1n) is 6.62. The van der Waals surface area contributed by atoms with Crippen molar-refractivity contribution in [2.45, 2.75) is 13.8 Å². The molecule has 0 bridgehead atoms. The Hall–Kier alpha value is -2.08. The molecule has 120 valence electrons. The van der Waals surface area contributed by atoms with Crippen molar-refractivity contribution < 1.29 is 14.3 Å². The van der Waals surface area contributed by atoms with Gasteiger partial charge in [-0.1, -0.05) is 11.6 Å². The number of methoxy groups -OCH3 is 1. The van der Waals surface area contributed by atoms with Crippen molar-refractivity contribution in [1.29, 1.82) is 0 Å². The molecular weight excluding hydrogens is 306 g/mol. The van der Waals surface area contributed by atoms with Gasteiger partial charge in [0, 0.05) is 19.5 Å². The molecule has 2 aromatic rings. The summed E-state index contributed by atoms with van der Waals surface area (Å²) in [6.45, 7) is 4.12. The van der Waals surface area contributed by atoms with Gasteiger partial charge in [-0.2, -0.15) is 5.10 Å². The zero-order valence-corrected chi connectivity index (χ0v) is 14.1. The second kappa shape index (κ2) is 7.79. The molecule has 22 heavy (non-hydrogen) atoms. The van der Waals surface area contributed by atoms with E-state index in [-0.39, 0.29) is 6.54 Å². The van der Waals surface area contributed by atoms with Crippen molar-refractivity contribution in [1.82, 2.24) is 14.7 Å². The van der Waals surface area contributed by atoms with Crippen LogP contribution in [0.2, 0.25) is 0 Å². The molecule has 0 N–H and O–H groups in total. The van der Waals surface area contributed by atoms with Gasteiger partial charge in [-0.05, 0) is 37.1 Å². The van der Waals surface area contributed by atoms with Crippen LogP contribution in [0.25, 0.3) is 10.9 Å². The van der Waals surface area contributed by atoms with E-state index in [1.807, 2.05) is 17.9 Å². The maximum absolute atomic E-state index is 10.5. The summed E-state index contributed by atoms with van der Waals surface area (Å²) in [5.74, 6) is -0.489. The molecule has 0 aliphatic carbocycles. The minimum Gasteiger partial charge on any atom is -0.468 e. The van der Waals surface area contributed by atoms with Gasteiger partial charge >= 0.3 is 11.3 Å². The second-order valence-electron chi connectivity index (χ2n) is 4.97. The number of benzene rings is 1. The third-order valence-electron chi connectivity index (χ3n) is 3.06. The van der Waals surface area contributed by atoms with Gasteiger partial charge in [-0.15, -0.1) is 0 Å². The summed E-state index contributed by atoms with van der Waals surface area (Å²) in [6, 6.07) is 4.35. The SMILES string of the molecule is COC(=O)CN(C)C(=O)Cl.Cc1cc(C)c2c(cnn2C)c1. The van der Waals surface area contributed by atoms with Gasteiger partial charge in [0.25, 0.3) is 0 Å². The summed E-state index contributed by atoms with van der Waals surface area (Å²) in [4.78, 5) is 21.8. The highest BCUT2D eigenvalue weighted by Gasteiger charge is 2.09. The molecule has 1 amide bonds. The van der Waals surface area contributed by atoms with Crippen LogP contribution in [0.3, 0.4) is 0 Å². The second-order valence-corrected chi connectivity index (χ2v) is 5.30. The Morgan fingerprint density at radius 2 is 2.00 bits per heavy atom. The van der Waals surface area contributed by atoms with E-state index >= 15 is 0 Å². The lowest BCUT2D eigenvalue weighted by Crippen LogP contribution is -2.28. The van der Waals surface area contributed by atoms with E-state index in [1.54, 1.807) is 0 Å². The molecule has 0 radical (unpaired) electrons.